The summed E-state index contributed by atoms with van der Waals surface area (Å²) in [6, 6.07) is 11.5. The highest BCUT2D eigenvalue weighted by Gasteiger charge is 2.37. The molecule has 2 aliphatic rings. The summed E-state index contributed by atoms with van der Waals surface area (Å²) in [6.07, 6.45) is 0.885. The molecule has 158 valence electrons. The van der Waals surface area contributed by atoms with Gasteiger partial charge in [0.2, 0.25) is 0 Å². The van der Waals surface area contributed by atoms with E-state index in [0.717, 1.165) is 11.3 Å². The van der Waals surface area contributed by atoms with Gasteiger partial charge in [-0.2, -0.15) is 0 Å². The SMILES string of the molecule is CCOc1ccc(N2C(=O)c3ccc(C(=O)N4CCC(CN)C4)cc3C2=O)cc1.Cl. The molecule has 8 heteroatoms. The van der Waals surface area contributed by atoms with Crippen molar-refractivity contribution in [1.29, 1.82) is 0 Å². The lowest BCUT2D eigenvalue weighted by Gasteiger charge is -2.16. The highest BCUT2D eigenvalue weighted by Crippen LogP contribution is 2.31. The van der Waals surface area contributed by atoms with Crippen LogP contribution in [0.15, 0.2) is 42.5 Å². The summed E-state index contributed by atoms with van der Waals surface area (Å²) in [6.45, 7) is 4.25. The summed E-state index contributed by atoms with van der Waals surface area (Å²) < 4.78 is 5.41. The first kappa shape index (κ1) is 21.8. The zero-order valence-corrected chi connectivity index (χ0v) is 17.5. The number of fused-ring (bicyclic) bond motifs is 1. The third-order valence-electron chi connectivity index (χ3n) is 5.45. The van der Waals surface area contributed by atoms with Crippen LogP contribution in [0, 0.1) is 5.92 Å². The highest BCUT2D eigenvalue weighted by atomic mass is 35.5. The second kappa shape index (κ2) is 8.85. The number of nitrogens with two attached hydrogens (primary N) is 1. The lowest BCUT2D eigenvalue weighted by molar-refractivity contribution is 0.0787. The molecule has 0 radical (unpaired) electrons. The molecule has 0 bridgehead atoms. The normalized spacial score (nSPS) is 17.7. The van der Waals surface area contributed by atoms with Gasteiger partial charge in [-0.25, -0.2) is 4.90 Å². The Morgan fingerprint density at radius 2 is 1.80 bits per heavy atom. The van der Waals surface area contributed by atoms with Crippen molar-refractivity contribution in [3.63, 3.8) is 0 Å². The predicted octanol–water partition coefficient (Wildman–Crippen LogP) is 2.73. The minimum absolute atomic E-state index is 0. The van der Waals surface area contributed by atoms with E-state index in [-0.39, 0.29) is 23.9 Å². The summed E-state index contributed by atoms with van der Waals surface area (Å²) >= 11 is 0. The number of likely N-dealkylation sites (tertiary alicyclic amines) is 1. The Morgan fingerprint density at radius 1 is 1.10 bits per heavy atom. The van der Waals surface area contributed by atoms with Crippen molar-refractivity contribution in [2.45, 2.75) is 13.3 Å². The van der Waals surface area contributed by atoms with E-state index in [2.05, 4.69) is 0 Å². The number of carbonyl (C=O) groups is 3. The largest absolute Gasteiger partial charge is 0.494 e. The van der Waals surface area contributed by atoms with E-state index in [4.69, 9.17) is 10.5 Å². The maximum atomic E-state index is 12.9. The fraction of sp³-hybridized carbons (Fsp3) is 0.318. The van der Waals surface area contributed by atoms with Gasteiger partial charge in [-0.1, -0.05) is 0 Å². The highest BCUT2D eigenvalue weighted by molar-refractivity contribution is 6.34. The van der Waals surface area contributed by atoms with E-state index < -0.39 is 11.8 Å². The minimum Gasteiger partial charge on any atom is -0.494 e. The molecule has 0 saturated carbocycles. The summed E-state index contributed by atoms with van der Waals surface area (Å²) in [5.74, 6) is 0.0278. The van der Waals surface area contributed by atoms with E-state index in [1.165, 1.54) is 6.07 Å². The number of imide groups is 1. The molecule has 1 fully saturated rings. The van der Waals surface area contributed by atoms with Gasteiger partial charge >= 0.3 is 0 Å². The molecule has 0 spiro atoms. The van der Waals surface area contributed by atoms with Crippen molar-refractivity contribution in [2.75, 3.05) is 31.1 Å². The lowest BCUT2D eigenvalue weighted by atomic mass is 10.0. The average molecular weight is 430 g/mol. The van der Waals surface area contributed by atoms with E-state index in [1.807, 2.05) is 6.92 Å². The van der Waals surface area contributed by atoms with Crippen LogP contribution >= 0.6 is 12.4 Å². The molecule has 3 amide bonds. The van der Waals surface area contributed by atoms with Gasteiger partial charge in [-0.15, -0.1) is 12.4 Å². The van der Waals surface area contributed by atoms with Crippen LogP contribution < -0.4 is 15.4 Å². The summed E-state index contributed by atoms with van der Waals surface area (Å²) in [5.41, 5.74) is 7.15. The molecule has 7 nitrogen and oxygen atoms in total. The molecule has 2 N–H and O–H groups in total. The van der Waals surface area contributed by atoms with Crippen molar-refractivity contribution < 1.29 is 19.1 Å². The number of nitrogens with zero attached hydrogens (tertiary/aromatic N) is 2. The maximum absolute atomic E-state index is 12.9. The molecule has 0 aliphatic carbocycles. The molecule has 2 aromatic carbocycles. The van der Waals surface area contributed by atoms with Gasteiger partial charge in [-0.05, 0) is 68.3 Å². The zero-order chi connectivity index (χ0) is 20.5. The number of benzene rings is 2. The van der Waals surface area contributed by atoms with Crippen LogP contribution in [0.4, 0.5) is 5.69 Å². The Kier molecular flexibility index (Phi) is 6.43. The number of ether oxygens (including phenoxy) is 1. The molecule has 2 heterocycles. The molecular weight excluding hydrogens is 406 g/mol. The smallest absolute Gasteiger partial charge is 0.266 e. The van der Waals surface area contributed by atoms with Crippen LogP contribution in [-0.4, -0.2) is 48.9 Å². The van der Waals surface area contributed by atoms with Crippen molar-refractivity contribution in [1.82, 2.24) is 4.90 Å². The van der Waals surface area contributed by atoms with Gasteiger partial charge in [0.05, 0.1) is 23.4 Å². The van der Waals surface area contributed by atoms with E-state index in [1.54, 1.807) is 41.3 Å². The second-order valence-corrected chi connectivity index (χ2v) is 7.27. The summed E-state index contributed by atoms with van der Waals surface area (Å²) in [4.78, 5) is 41.4. The van der Waals surface area contributed by atoms with Crippen LogP contribution in [-0.2, 0) is 0 Å². The standard InChI is InChI=1S/C22H23N3O4.ClH/c1-2-29-17-6-4-16(5-7-17)25-21(27)18-8-3-15(11-19(18)22(25)28)20(26)24-10-9-14(12-23)13-24;/h3-8,11,14H,2,9-10,12-13,23H2,1H3;1H. The molecule has 1 saturated heterocycles. The Bertz CT molecular complexity index is 977. The van der Waals surface area contributed by atoms with Crippen molar-refractivity contribution in [3.8, 4) is 5.75 Å². The Hall–Kier alpha value is -2.90. The van der Waals surface area contributed by atoms with E-state index >= 15 is 0 Å². The molecule has 2 aliphatic heterocycles. The lowest BCUT2D eigenvalue weighted by Crippen LogP contribution is -2.30. The van der Waals surface area contributed by atoms with Crippen LogP contribution in [0.1, 0.15) is 44.4 Å². The molecule has 30 heavy (non-hydrogen) atoms. The molecule has 1 atom stereocenters. The molecule has 1 unspecified atom stereocenters. The van der Waals surface area contributed by atoms with Crippen molar-refractivity contribution in [2.24, 2.45) is 11.7 Å². The quantitative estimate of drug-likeness (QED) is 0.737. The number of halogens is 1. The van der Waals surface area contributed by atoms with Crippen molar-refractivity contribution in [3.05, 3.63) is 59.2 Å². The number of amides is 3. The van der Waals surface area contributed by atoms with Gasteiger partial charge in [-0.3, -0.25) is 14.4 Å². The van der Waals surface area contributed by atoms with Crippen LogP contribution in [0.25, 0.3) is 0 Å². The third kappa shape index (κ3) is 3.78. The van der Waals surface area contributed by atoms with Crippen LogP contribution in [0.5, 0.6) is 5.75 Å². The molecule has 2 aromatic rings. The Balaban J connectivity index is 0.00000256. The summed E-state index contributed by atoms with van der Waals surface area (Å²) in [5, 5.41) is 0. The zero-order valence-electron chi connectivity index (χ0n) is 16.7. The molecule has 4 rings (SSSR count). The van der Waals surface area contributed by atoms with Gasteiger partial charge in [0.1, 0.15) is 5.75 Å². The number of rotatable bonds is 5. The van der Waals surface area contributed by atoms with E-state index in [0.29, 0.717) is 54.7 Å². The van der Waals surface area contributed by atoms with Gasteiger partial charge in [0.15, 0.2) is 0 Å². The number of anilines is 1. The first-order chi connectivity index (χ1) is 14.0. The number of hydrogen-bond donors (Lipinski definition) is 1. The Labute approximate surface area is 181 Å². The van der Waals surface area contributed by atoms with Crippen LogP contribution in [0.2, 0.25) is 0 Å². The number of carbonyl (C=O) groups excluding carboxylic acids is 3. The summed E-state index contributed by atoms with van der Waals surface area (Å²) in [7, 11) is 0. The van der Waals surface area contributed by atoms with Gasteiger partial charge < -0.3 is 15.4 Å². The van der Waals surface area contributed by atoms with Crippen molar-refractivity contribution >= 4 is 35.8 Å². The van der Waals surface area contributed by atoms with Crippen LogP contribution in [0.3, 0.4) is 0 Å². The van der Waals surface area contributed by atoms with Gasteiger partial charge in [0.25, 0.3) is 17.7 Å². The monoisotopic (exact) mass is 429 g/mol. The van der Waals surface area contributed by atoms with Gasteiger partial charge in [0, 0.05) is 18.7 Å². The first-order valence-corrected chi connectivity index (χ1v) is 9.78. The number of hydrogen-bond acceptors (Lipinski definition) is 5. The molecule has 0 aromatic heterocycles. The predicted molar refractivity (Wildman–Crippen MR) is 116 cm³/mol. The second-order valence-electron chi connectivity index (χ2n) is 7.27. The topological polar surface area (TPSA) is 92.9 Å². The third-order valence-corrected chi connectivity index (χ3v) is 5.45. The fourth-order valence-electron chi connectivity index (χ4n) is 3.86. The molecular formula is C22H24ClN3O4. The average Bonchev–Trinajstić information content (AvgIpc) is 3.32. The minimum atomic E-state index is -0.426. The maximum Gasteiger partial charge on any atom is 0.266 e. The van der Waals surface area contributed by atoms with E-state index in [9.17, 15) is 14.4 Å². The fourth-order valence-corrected chi connectivity index (χ4v) is 3.86. The first-order valence-electron chi connectivity index (χ1n) is 9.78. The Morgan fingerprint density at radius 3 is 2.43 bits per heavy atom.